The van der Waals surface area contributed by atoms with Crippen molar-refractivity contribution in [3.8, 4) is 11.8 Å². The SMILES string of the molecule is CCCCOc1ccc(C(=O)N(CC#N)C(C)C)cc1. The van der Waals surface area contributed by atoms with Crippen molar-refractivity contribution < 1.29 is 9.53 Å². The molecule has 0 aliphatic heterocycles. The molecule has 0 N–H and O–H groups in total. The molecule has 0 atom stereocenters. The predicted octanol–water partition coefficient (Wildman–Crippen LogP) is 3.24. The number of amides is 1. The molecule has 108 valence electrons. The van der Waals surface area contributed by atoms with E-state index < -0.39 is 0 Å². The van der Waals surface area contributed by atoms with Gasteiger partial charge in [-0.25, -0.2) is 0 Å². The van der Waals surface area contributed by atoms with E-state index in [9.17, 15) is 4.79 Å². The molecule has 0 spiro atoms. The van der Waals surface area contributed by atoms with Gasteiger partial charge in [0.25, 0.3) is 5.91 Å². The molecule has 0 radical (unpaired) electrons. The topological polar surface area (TPSA) is 53.3 Å². The van der Waals surface area contributed by atoms with Gasteiger partial charge in [0.1, 0.15) is 12.3 Å². The number of carbonyl (C=O) groups is 1. The monoisotopic (exact) mass is 274 g/mol. The van der Waals surface area contributed by atoms with Crippen LogP contribution in [0.2, 0.25) is 0 Å². The quantitative estimate of drug-likeness (QED) is 0.566. The predicted molar refractivity (Wildman–Crippen MR) is 78.6 cm³/mol. The molecule has 1 aromatic rings. The van der Waals surface area contributed by atoms with E-state index in [1.807, 2.05) is 19.9 Å². The van der Waals surface area contributed by atoms with Crippen LogP contribution in [0.3, 0.4) is 0 Å². The molecule has 0 aromatic heterocycles. The number of hydrogen-bond acceptors (Lipinski definition) is 3. The molecule has 0 unspecified atom stereocenters. The number of ether oxygens (including phenoxy) is 1. The van der Waals surface area contributed by atoms with Gasteiger partial charge in [-0.1, -0.05) is 13.3 Å². The minimum absolute atomic E-state index is 0.00244. The second kappa shape index (κ2) is 8.21. The first-order chi connectivity index (χ1) is 9.60. The summed E-state index contributed by atoms with van der Waals surface area (Å²) in [7, 11) is 0. The van der Waals surface area contributed by atoms with Crippen molar-refractivity contribution >= 4 is 5.91 Å². The summed E-state index contributed by atoms with van der Waals surface area (Å²) in [6, 6.07) is 9.12. The molecule has 0 saturated carbocycles. The Balaban J connectivity index is 2.71. The molecule has 0 saturated heterocycles. The van der Waals surface area contributed by atoms with E-state index in [0.717, 1.165) is 18.6 Å². The minimum Gasteiger partial charge on any atom is -0.494 e. The summed E-state index contributed by atoms with van der Waals surface area (Å²) < 4.78 is 5.56. The Hall–Kier alpha value is -2.02. The van der Waals surface area contributed by atoms with Crippen LogP contribution in [-0.4, -0.2) is 30.0 Å². The van der Waals surface area contributed by atoms with E-state index in [1.54, 1.807) is 29.2 Å². The van der Waals surface area contributed by atoms with Crippen LogP contribution in [0.5, 0.6) is 5.75 Å². The Morgan fingerprint density at radius 2 is 2.00 bits per heavy atom. The highest BCUT2D eigenvalue weighted by molar-refractivity contribution is 5.94. The van der Waals surface area contributed by atoms with E-state index in [0.29, 0.717) is 12.2 Å². The summed E-state index contributed by atoms with van der Waals surface area (Å²) in [6.07, 6.45) is 2.11. The molecule has 20 heavy (non-hydrogen) atoms. The zero-order chi connectivity index (χ0) is 15.0. The van der Waals surface area contributed by atoms with Crippen molar-refractivity contribution in [2.45, 2.75) is 39.7 Å². The number of hydrogen-bond donors (Lipinski definition) is 0. The summed E-state index contributed by atoms with van der Waals surface area (Å²) in [4.78, 5) is 13.8. The van der Waals surface area contributed by atoms with Gasteiger partial charge >= 0.3 is 0 Å². The van der Waals surface area contributed by atoms with E-state index in [2.05, 4.69) is 6.92 Å². The first kappa shape index (κ1) is 16.0. The second-order valence-corrected chi connectivity index (χ2v) is 4.91. The first-order valence-electron chi connectivity index (χ1n) is 7.01. The Labute approximate surface area is 121 Å². The van der Waals surface area contributed by atoms with Gasteiger partial charge in [0.2, 0.25) is 0 Å². The smallest absolute Gasteiger partial charge is 0.254 e. The Kier molecular flexibility index (Phi) is 6.58. The second-order valence-electron chi connectivity index (χ2n) is 4.91. The van der Waals surface area contributed by atoms with Gasteiger partial charge in [0.15, 0.2) is 0 Å². The first-order valence-corrected chi connectivity index (χ1v) is 7.01. The molecule has 0 bridgehead atoms. The highest BCUT2D eigenvalue weighted by Crippen LogP contribution is 2.15. The fraction of sp³-hybridized carbons (Fsp3) is 0.500. The van der Waals surface area contributed by atoms with Crippen molar-refractivity contribution in [2.75, 3.05) is 13.2 Å². The Morgan fingerprint density at radius 1 is 1.35 bits per heavy atom. The highest BCUT2D eigenvalue weighted by atomic mass is 16.5. The molecule has 0 aliphatic rings. The average Bonchev–Trinajstić information content (AvgIpc) is 2.45. The van der Waals surface area contributed by atoms with E-state index in [4.69, 9.17) is 10.00 Å². The van der Waals surface area contributed by atoms with Crippen LogP contribution in [0.15, 0.2) is 24.3 Å². The number of nitriles is 1. The molecule has 4 nitrogen and oxygen atoms in total. The largest absolute Gasteiger partial charge is 0.494 e. The third-order valence-electron chi connectivity index (χ3n) is 2.99. The van der Waals surface area contributed by atoms with Gasteiger partial charge in [-0.2, -0.15) is 5.26 Å². The van der Waals surface area contributed by atoms with Gasteiger partial charge < -0.3 is 9.64 Å². The third kappa shape index (κ3) is 4.58. The van der Waals surface area contributed by atoms with Crippen molar-refractivity contribution in [1.82, 2.24) is 4.90 Å². The molecule has 4 heteroatoms. The maximum atomic E-state index is 12.3. The fourth-order valence-electron chi connectivity index (χ4n) is 1.76. The normalized spacial score (nSPS) is 10.2. The maximum Gasteiger partial charge on any atom is 0.254 e. The number of unbranched alkanes of at least 4 members (excludes halogenated alkanes) is 1. The van der Waals surface area contributed by atoms with Crippen LogP contribution < -0.4 is 4.74 Å². The number of rotatable bonds is 7. The molecule has 0 heterocycles. The van der Waals surface area contributed by atoms with E-state index >= 15 is 0 Å². The van der Waals surface area contributed by atoms with Crippen LogP contribution in [0, 0.1) is 11.3 Å². The van der Waals surface area contributed by atoms with Crippen LogP contribution in [0.4, 0.5) is 0 Å². The number of carbonyl (C=O) groups excluding carboxylic acids is 1. The lowest BCUT2D eigenvalue weighted by Crippen LogP contribution is -2.37. The van der Waals surface area contributed by atoms with Crippen LogP contribution in [-0.2, 0) is 0 Å². The average molecular weight is 274 g/mol. The van der Waals surface area contributed by atoms with Gasteiger partial charge in [-0.3, -0.25) is 4.79 Å². The minimum atomic E-state index is -0.123. The van der Waals surface area contributed by atoms with E-state index in [-0.39, 0.29) is 18.5 Å². The molecule has 0 fully saturated rings. The van der Waals surface area contributed by atoms with Crippen molar-refractivity contribution in [3.63, 3.8) is 0 Å². The molecular weight excluding hydrogens is 252 g/mol. The van der Waals surface area contributed by atoms with E-state index in [1.165, 1.54) is 0 Å². The lowest BCUT2D eigenvalue weighted by Gasteiger charge is -2.23. The lowest BCUT2D eigenvalue weighted by molar-refractivity contribution is 0.0731. The lowest BCUT2D eigenvalue weighted by atomic mass is 10.1. The molecule has 1 aromatic carbocycles. The van der Waals surface area contributed by atoms with Gasteiger partial charge in [-0.15, -0.1) is 0 Å². The summed E-state index contributed by atoms with van der Waals surface area (Å²) >= 11 is 0. The number of benzene rings is 1. The zero-order valence-electron chi connectivity index (χ0n) is 12.4. The van der Waals surface area contributed by atoms with Gasteiger partial charge in [-0.05, 0) is 44.5 Å². The third-order valence-corrected chi connectivity index (χ3v) is 2.99. The molecule has 1 rings (SSSR count). The Bertz CT molecular complexity index is 460. The molecule has 1 amide bonds. The van der Waals surface area contributed by atoms with Crippen LogP contribution in [0.1, 0.15) is 44.0 Å². The molecule has 0 aliphatic carbocycles. The van der Waals surface area contributed by atoms with Crippen molar-refractivity contribution in [2.24, 2.45) is 0 Å². The summed E-state index contributed by atoms with van der Waals surface area (Å²) in [5.74, 6) is 0.646. The van der Waals surface area contributed by atoms with Crippen LogP contribution in [0.25, 0.3) is 0 Å². The Morgan fingerprint density at radius 3 is 2.50 bits per heavy atom. The number of nitrogens with zero attached hydrogens (tertiary/aromatic N) is 2. The van der Waals surface area contributed by atoms with Crippen molar-refractivity contribution in [3.05, 3.63) is 29.8 Å². The van der Waals surface area contributed by atoms with Gasteiger partial charge in [0, 0.05) is 11.6 Å². The fourth-order valence-corrected chi connectivity index (χ4v) is 1.76. The van der Waals surface area contributed by atoms with Crippen LogP contribution >= 0.6 is 0 Å². The van der Waals surface area contributed by atoms with Crippen molar-refractivity contribution in [1.29, 1.82) is 5.26 Å². The van der Waals surface area contributed by atoms with Gasteiger partial charge in [0.05, 0.1) is 12.7 Å². The highest BCUT2D eigenvalue weighted by Gasteiger charge is 2.18. The standard InChI is InChI=1S/C16H22N2O2/c1-4-5-12-20-15-8-6-14(7-9-15)16(19)18(11-10-17)13(2)3/h6-9,13H,4-5,11-12H2,1-3H3. The summed E-state index contributed by atoms with van der Waals surface area (Å²) in [5, 5.41) is 8.78. The summed E-state index contributed by atoms with van der Waals surface area (Å²) in [5.41, 5.74) is 0.580. The summed E-state index contributed by atoms with van der Waals surface area (Å²) in [6.45, 7) is 6.71. The molecular formula is C16H22N2O2. The zero-order valence-corrected chi connectivity index (χ0v) is 12.4. The maximum absolute atomic E-state index is 12.3.